The van der Waals surface area contributed by atoms with E-state index in [-0.39, 0.29) is 27.5 Å². The molecular formula is C19H23NO3S2. The Bertz CT molecular complexity index is 863. The van der Waals surface area contributed by atoms with Gasteiger partial charge in [0, 0.05) is 16.7 Å². The van der Waals surface area contributed by atoms with Gasteiger partial charge in [-0.05, 0) is 41.8 Å². The summed E-state index contributed by atoms with van der Waals surface area (Å²) < 4.78 is 25.1. The van der Waals surface area contributed by atoms with E-state index < -0.39 is 9.84 Å². The molecule has 0 heterocycles. The molecule has 0 fully saturated rings. The van der Waals surface area contributed by atoms with E-state index in [1.807, 2.05) is 19.9 Å². The maximum Gasteiger partial charge on any atom is 0.187 e. The van der Waals surface area contributed by atoms with Gasteiger partial charge >= 0.3 is 0 Å². The van der Waals surface area contributed by atoms with Crippen molar-refractivity contribution < 1.29 is 13.5 Å². The highest BCUT2D eigenvalue weighted by Crippen LogP contribution is 2.42. The summed E-state index contributed by atoms with van der Waals surface area (Å²) in [6.45, 7) is 4.10. The zero-order valence-corrected chi connectivity index (χ0v) is 16.0. The van der Waals surface area contributed by atoms with Crippen molar-refractivity contribution in [3.63, 3.8) is 0 Å². The van der Waals surface area contributed by atoms with Gasteiger partial charge in [-0.1, -0.05) is 38.1 Å². The van der Waals surface area contributed by atoms with Crippen molar-refractivity contribution in [3.05, 3.63) is 59.7 Å². The van der Waals surface area contributed by atoms with E-state index in [1.165, 1.54) is 11.8 Å². The predicted molar refractivity (Wildman–Crippen MR) is 103 cm³/mol. The molecule has 2 aromatic rings. The van der Waals surface area contributed by atoms with Crippen molar-refractivity contribution in [2.45, 2.75) is 41.9 Å². The van der Waals surface area contributed by atoms with E-state index in [0.717, 1.165) is 11.1 Å². The first kappa shape index (κ1) is 18.3. The standard InChI is InChI=1S/C19H23NO3S2/c1-19(2)16-11-14(21)9-8-13(16)10-17(18(19)20)24-12-25(22,23)15-6-4-3-5-7-15/h3-9,11,17-18,21H,10,12,20H2,1-2H3/t17-,18+/m0/s1. The SMILES string of the molecule is CC1(C)c2cc(O)ccc2C[C@H](SCS(=O)(=O)c2ccccc2)[C@H]1N. The summed E-state index contributed by atoms with van der Waals surface area (Å²) in [7, 11) is -3.34. The quantitative estimate of drug-likeness (QED) is 0.856. The number of phenols is 1. The molecular weight excluding hydrogens is 354 g/mol. The van der Waals surface area contributed by atoms with Crippen LogP contribution in [-0.4, -0.2) is 29.9 Å². The van der Waals surface area contributed by atoms with Gasteiger partial charge in [-0.3, -0.25) is 0 Å². The first-order chi connectivity index (χ1) is 11.7. The predicted octanol–water partition coefficient (Wildman–Crippen LogP) is 3.09. The molecule has 6 heteroatoms. The van der Waals surface area contributed by atoms with Crippen LogP contribution in [0.1, 0.15) is 25.0 Å². The lowest BCUT2D eigenvalue weighted by molar-refractivity contribution is 0.369. The van der Waals surface area contributed by atoms with Crippen LogP contribution in [0.2, 0.25) is 0 Å². The average Bonchev–Trinajstić information content (AvgIpc) is 2.59. The number of hydrogen-bond donors (Lipinski definition) is 2. The van der Waals surface area contributed by atoms with Crippen LogP contribution in [-0.2, 0) is 21.7 Å². The first-order valence-electron chi connectivity index (χ1n) is 8.19. The molecule has 0 saturated carbocycles. The zero-order chi connectivity index (χ0) is 18.2. The Hall–Kier alpha value is -1.50. The molecule has 0 saturated heterocycles. The monoisotopic (exact) mass is 377 g/mol. The first-order valence-corrected chi connectivity index (χ1v) is 10.9. The van der Waals surface area contributed by atoms with Gasteiger partial charge in [0.05, 0.1) is 4.90 Å². The third-order valence-electron chi connectivity index (χ3n) is 4.98. The van der Waals surface area contributed by atoms with Gasteiger partial charge in [0.25, 0.3) is 0 Å². The molecule has 3 N–H and O–H groups in total. The molecule has 2 atom stereocenters. The van der Waals surface area contributed by atoms with Crippen LogP contribution in [0.4, 0.5) is 0 Å². The van der Waals surface area contributed by atoms with Crippen LogP contribution in [0, 0.1) is 0 Å². The van der Waals surface area contributed by atoms with Gasteiger partial charge in [0.2, 0.25) is 0 Å². The van der Waals surface area contributed by atoms with Crippen LogP contribution in [0.25, 0.3) is 0 Å². The van der Waals surface area contributed by atoms with Crippen molar-refractivity contribution in [2.24, 2.45) is 5.73 Å². The van der Waals surface area contributed by atoms with Gasteiger partial charge in [-0.15, -0.1) is 11.8 Å². The molecule has 2 aromatic carbocycles. The fourth-order valence-corrected chi connectivity index (χ4v) is 6.74. The number of phenolic OH excluding ortho intramolecular Hbond substituents is 1. The number of benzene rings is 2. The maximum atomic E-state index is 12.5. The second kappa shape index (κ2) is 6.67. The lowest BCUT2D eigenvalue weighted by Crippen LogP contribution is -2.52. The summed E-state index contributed by atoms with van der Waals surface area (Å²) in [5.41, 5.74) is 8.33. The number of thioether (sulfide) groups is 1. The minimum Gasteiger partial charge on any atom is -0.508 e. The van der Waals surface area contributed by atoms with E-state index in [2.05, 4.69) is 0 Å². The largest absolute Gasteiger partial charge is 0.508 e. The third kappa shape index (κ3) is 3.57. The Kier molecular flexibility index (Phi) is 4.88. The van der Waals surface area contributed by atoms with Crippen LogP contribution in [0.15, 0.2) is 53.4 Å². The topological polar surface area (TPSA) is 80.4 Å². The molecule has 4 nitrogen and oxygen atoms in total. The normalized spacial score (nSPS) is 22.4. The maximum absolute atomic E-state index is 12.5. The summed E-state index contributed by atoms with van der Waals surface area (Å²) in [5, 5.41) is 9.80. The molecule has 0 aliphatic heterocycles. The Labute approximate surface area is 153 Å². The lowest BCUT2D eigenvalue weighted by Gasteiger charge is -2.43. The van der Waals surface area contributed by atoms with Crippen LogP contribution < -0.4 is 5.73 Å². The Morgan fingerprint density at radius 2 is 1.88 bits per heavy atom. The summed E-state index contributed by atoms with van der Waals surface area (Å²) in [4.78, 5) is 0.344. The molecule has 1 aliphatic carbocycles. The molecule has 0 radical (unpaired) electrons. The molecule has 0 aromatic heterocycles. The molecule has 0 unspecified atom stereocenters. The van der Waals surface area contributed by atoms with E-state index in [1.54, 1.807) is 42.5 Å². The molecule has 0 bridgehead atoms. The second-order valence-electron chi connectivity index (χ2n) is 7.04. The van der Waals surface area contributed by atoms with Crippen molar-refractivity contribution in [2.75, 3.05) is 5.08 Å². The minimum absolute atomic E-state index is 0.00512. The highest BCUT2D eigenvalue weighted by atomic mass is 32.3. The zero-order valence-electron chi connectivity index (χ0n) is 14.3. The molecule has 25 heavy (non-hydrogen) atoms. The van der Waals surface area contributed by atoms with Gasteiger partial charge in [0.15, 0.2) is 9.84 Å². The molecule has 0 spiro atoms. The molecule has 3 rings (SSSR count). The van der Waals surface area contributed by atoms with Gasteiger partial charge in [-0.25, -0.2) is 8.42 Å². The molecule has 0 amide bonds. The fraction of sp³-hybridized carbons (Fsp3) is 0.368. The molecule has 1 aliphatic rings. The summed E-state index contributed by atoms with van der Waals surface area (Å²) in [6.07, 6.45) is 0.704. The fourth-order valence-electron chi connectivity index (χ4n) is 3.37. The number of fused-ring (bicyclic) bond motifs is 1. The van der Waals surface area contributed by atoms with E-state index in [9.17, 15) is 13.5 Å². The minimum atomic E-state index is -3.34. The number of sulfone groups is 1. The second-order valence-corrected chi connectivity index (χ2v) is 10.6. The smallest absolute Gasteiger partial charge is 0.187 e. The van der Waals surface area contributed by atoms with Crippen molar-refractivity contribution in [1.29, 1.82) is 0 Å². The highest BCUT2D eigenvalue weighted by Gasteiger charge is 2.41. The Morgan fingerprint density at radius 3 is 2.56 bits per heavy atom. The van der Waals surface area contributed by atoms with Gasteiger partial charge in [0.1, 0.15) is 10.8 Å². The lowest BCUT2D eigenvalue weighted by atomic mass is 9.69. The van der Waals surface area contributed by atoms with Crippen molar-refractivity contribution in [1.82, 2.24) is 0 Å². The van der Waals surface area contributed by atoms with Crippen molar-refractivity contribution >= 4 is 21.6 Å². The Morgan fingerprint density at radius 1 is 1.20 bits per heavy atom. The van der Waals surface area contributed by atoms with Crippen LogP contribution >= 0.6 is 11.8 Å². The van der Waals surface area contributed by atoms with Gasteiger partial charge < -0.3 is 10.8 Å². The van der Waals surface area contributed by atoms with E-state index in [4.69, 9.17) is 5.73 Å². The Balaban J connectivity index is 1.81. The number of nitrogens with two attached hydrogens (primary N) is 1. The van der Waals surface area contributed by atoms with E-state index >= 15 is 0 Å². The van der Waals surface area contributed by atoms with Crippen LogP contribution in [0.5, 0.6) is 5.75 Å². The molecule has 134 valence electrons. The highest BCUT2D eigenvalue weighted by molar-refractivity contribution is 8.12. The summed E-state index contributed by atoms with van der Waals surface area (Å²) in [5.74, 6) is 0.233. The summed E-state index contributed by atoms with van der Waals surface area (Å²) >= 11 is 1.40. The number of hydrogen-bond acceptors (Lipinski definition) is 5. The summed E-state index contributed by atoms with van der Waals surface area (Å²) in [6, 6.07) is 13.7. The third-order valence-corrected chi connectivity index (χ3v) is 8.65. The van der Waals surface area contributed by atoms with Gasteiger partial charge in [-0.2, -0.15) is 0 Å². The van der Waals surface area contributed by atoms with E-state index in [0.29, 0.717) is 11.3 Å². The number of aromatic hydroxyl groups is 1. The number of rotatable bonds is 4. The van der Waals surface area contributed by atoms with Crippen LogP contribution in [0.3, 0.4) is 0 Å². The van der Waals surface area contributed by atoms with Crippen molar-refractivity contribution in [3.8, 4) is 5.75 Å². The average molecular weight is 378 g/mol.